The zero-order valence-corrected chi connectivity index (χ0v) is 12.5. The molecule has 1 atom stereocenters. The van der Waals surface area contributed by atoms with Crippen molar-refractivity contribution in [3.63, 3.8) is 0 Å². The van der Waals surface area contributed by atoms with Crippen LogP contribution >= 0.6 is 0 Å². The Morgan fingerprint density at radius 1 is 1.40 bits per heavy atom. The van der Waals surface area contributed by atoms with Crippen LogP contribution in [-0.2, 0) is 0 Å². The summed E-state index contributed by atoms with van der Waals surface area (Å²) < 4.78 is 0. The van der Waals surface area contributed by atoms with Gasteiger partial charge in [-0.1, -0.05) is 20.8 Å². The van der Waals surface area contributed by atoms with E-state index in [-0.39, 0.29) is 34.3 Å². The van der Waals surface area contributed by atoms with E-state index in [9.17, 15) is 14.9 Å². The molecule has 110 valence electrons. The number of carbonyl (C=O) groups is 1. The lowest BCUT2D eigenvalue weighted by atomic mass is 9.87. The molecule has 0 saturated carbocycles. The fourth-order valence-electron chi connectivity index (χ4n) is 1.79. The van der Waals surface area contributed by atoms with Gasteiger partial charge in [-0.25, -0.2) is 0 Å². The number of nitro benzene ring substituents is 1. The van der Waals surface area contributed by atoms with Crippen LogP contribution in [-0.4, -0.2) is 28.8 Å². The van der Waals surface area contributed by atoms with Gasteiger partial charge in [0.05, 0.1) is 10.5 Å². The summed E-state index contributed by atoms with van der Waals surface area (Å²) in [6.45, 7) is 8.01. The van der Waals surface area contributed by atoms with Crippen LogP contribution in [0.25, 0.3) is 0 Å². The van der Waals surface area contributed by atoms with Crippen molar-refractivity contribution < 1.29 is 9.72 Å². The SMILES string of the molecule is CC(N(C)C(=O)c1cc([N+](=O)[O-])ccc1N)C(C)(C)C. The molecule has 0 fully saturated rings. The molecule has 1 rings (SSSR count). The molecule has 0 radical (unpaired) electrons. The molecule has 1 amide bonds. The molecule has 2 N–H and O–H groups in total. The smallest absolute Gasteiger partial charge is 0.270 e. The van der Waals surface area contributed by atoms with Crippen LogP contribution < -0.4 is 5.73 Å². The average molecular weight is 279 g/mol. The monoisotopic (exact) mass is 279 g/mol. The van der Waals surface area contributed by atoms with E-state index in [0.29, 0.717) is 0 Å². The predicted molar refractivity (Wildman–Crippen MR) is 78.5 cm³/mol. The molecule has 0 aromatic heterocycles. The molecule has 0 heterocycles. The minimum atomic E-state index is -0.538. The minimum Gasteiger partial charge on any atom is -0.398 e. The number of non-ortho nitro benzene ring substituents is 1. The third-order valence-corrected chi connectivity index (χ3v) is 3.63. The maximum atomic E-state index is 12.5. The fraction of sp³-hybridized carbons (Fsp3) is 0.500. The molecule has 0 saturated heterocycles. The number of nitrogens with zero attached hydrogens (tertiary/aromatic N) is 2. The molecule has 1 unspecified atom stereocenters. The van der Waals surface area contributed by atoms with Gasteiger partial charge in [-0.05, 0) is 18.4 Å². The van der Waals surface area contributed by atoms with E-state index < -0.39 is 4.92 Å². The number of anilines is 1. The summed E-state index contributed by atoms with van der Waals surface area (Å²) in [4.78, 5) is 24.3. The topological polar surface area (TPSA) is 89.5 Å². The van der Waals surface area contributed by atoms with Gasteiger partial charge >= 0.3 is 0 Å². The number of nitrogens with two attached hydrogens (primary N) is 1. The highest BCUT2D eigenvalue weighted by atomic mass is 16.6. The second-order valence-electron chi connectivity index (χ2n) is 5.99. The van der Waals surface area contributed by atoms with Crippen LogP contribution in [0, 0.1) is 15.5 Å². The Bertz CT molecular complexity index is 535. The molecular formula is C14H21N3O3. The van der Waals surface area contributed by atoms with Crippen molar-refractivity contribution >= 4 is 17.3 Å². The van der Waals surface area contributed by atoms with Crippen LogP contribution in [0.5, 0.6) is 0 Å². The maximum absolute atomic E-state index is 12.5. The van der Waals surface area contributed by atoms with E-state index in [2.05, 4.69) is 0 Å². The summed E-state index contributed by atoms with van der Waals surface area (Å²) in [6.07, 6.45) is 0. The number of hydrogen-bond acceptors (Lipinski definition) is 4. The Morgan fingerprint density at radius 3 is 2.40 bits per heavy atom. The third kappa shape index (κ3) is 3.26. The lowest BCUT2D eigenvalue weighted by Crippen LogP contribution is -2.43. The first-order chi connectivity index (χ1) is 9.05. The molecule has 20 heavy (non-hydrogen) atoms. The highest BCUT2D eigenvalue weighted by Crippen LogP contribution is 2.26. The lowest BCUT2D eigenvalue weighted by molar-refractivity contribution is -0.384. The van der Waals surface area contributed by atoms with Crippen molar-refractivity contribution in [3.8, 4) is 0 Å². The first-order valence-electron chi connectivity index (χ1n) is 6.36. The number of amides is 1. The van der Waals surface area contributed by atoms with Crippen LogP contribution in [0.3, 0.4) is 0 Å². The first-order valence-corrected chi connectivity index (χ1v) is 6.36. The van der Waals surface area contributed by atoms with Gasteiger partial charge < -0.3 is 10.6 Å². The van der Waals surface area contributed by atoms with Crippen molar-refractivity contribution in [3.05, 3.63) is 33.9 Å². The summed E-state index contributed by atoms with van der Waals surface area (Å²) in [5, 5.41) is 10.8. The van der Waals surface area contributed by atoms with Gasteiger partial charge in [-0.3, -0.25) is 14.9 Å². The molecule has 0 bridgehead atoms. The Hall–Kier alpha value is -2.11. The third-order valence-electron chi connectivity index (χ3n) is 3.63. The number of nitro groups is 1. The highest BCUT2D eigenvalue weighted by molar-refractivity contribution is 5.99. The van der Waals surface area contributed by atoms with Crippen LogP contribution in [0.15, 0.2) is 18.2 Å². The number of benzene rings is 1. The second kappa shape index (κ2) is 5.48. The Balaban J connectivity index is 3.15. The van der Waals surface area contributed by atoms with Crippen molar-refractivity contribution in [1.29, 1.82) is 0 Å². The molecule has 6 heteroatoms. The van der Waals surface area contributed by atoms with Crippen molar-refractivity contribution in [2.24, 2.45) is 5.41 Å². The van der Waals surface area contributed by atoms with Gasteiger partial charge in [0.1, 0.15) is 0 Å². The standard InChI is InChI=1S/C14H21N3O3/c1-9(14(2,3)4)16(5)13(18)11-8-10(17(19)20)6-7-12(11)15/h6-9H,15H2,1-5H3. The quantitative estimate of drug-likeness (QED) is 0.523. The van der Waals surface area contributed by atoms with Crippen LogP contribution in [0.2, 0.25) is 0 Å². The van der Waals surface area contributed by atoms with Crippen molar-refractivity contribution in [1.82, 2.24) is 4.90 Å². The van der Waals surface area contributed by atoms with E-state index in [0.717, 1.165) is 0 Å². The highest BCUT2D eigenvalue weighted by Gasteiger charge is 2.29. The summed E-state index contributed by atoms with van der Waals surface area (Å²) in [6, 6.07) is 3.87. The average Bonchev–Trinajstić information content (AvgIpc) is 2.35. The molecular weight excluding hydrogens is 258 g/mol. The van der Waals surface area contributed by atoms with Gasteiger partial charge in [-0.15, -0.1) is 0 Å². The molecule has 1 aromatic carbocycles. The molecule has 1 aromatic rings. The normalized spacial score (nSPS) is 12.8. The Labute approximate surface area is 118 Å². The summed E-state index contributed by atoms with van der Waals surface area (Å²) in [5.41, 5.74) is 5.94. The van der Waals surface area contributed by atoms with Crippen LogP contribution in [0.4, 0.5) is 11.4 Å². The van der Waals surface area contributed by atoms with Crippen LogP contribution in [0.1, 0.15) is 38.1 Å². The Morgan fingerprint density at radius 2 is 1.95 bits per heavy atom. The number of nitrogen functional groups attached to an aromatic ring is 1. The summed E-state index contributed by atoms with van der Waals surface area (Å²) >= 11 is 0. The zero-order chi connectivity index (χ0) is 15.7. The Kier molecular flexibility index (Phi) is 4.37. The van der Waals surface area contributed by atoms with Gasteiger partial charge in [-0.2, -0.15) is 0 Å². The lowest BCUT2D eigenvalue weighted by Gasteiger charge is -2.35. The second-order valence-corrected chi connectivity index (χ2v) is 5.99. The van der Waals surface area contributed by atoms with E-state index in [1.54, 1.807) is 11.9 Å². The fourth-order valence-corrected chi connectivity index (χ4v) is 1.79. The van der Waals surface area contributed by atoms with Crippen molar-refractivity contribution in [2.45, 2.75) is 33.7 Å². The zero-order valence-electron chi connectivity index (χ0n) is 12.5. The largest absolute Gasteiger partial charge is 0.398 e. The predicted octanol–water partition coefficient (Wildman–Crippen LogP) is 2.68. The summed E-state index contributed by atoms with van der Waals surface area (Å²) in [5.74, 6) is -0.311. The van der Waals surface area contributed by atoms with Gasteiger partial charge in [0.25, 0.3) is 11.6 Å². The number of rotatable bonds is 3. The molecule has 0 aliphatic heterocycles. The molecule has 6 nitrogen and oxygen atoms in total. The number of carbonyl (C=O) groups excluding carboxylic acids is 1. The molecule has 0 aliphatic carbocycles. The van der Waals surface area contributed by atoms with E-state index in [1.807, 2.05) is 27.7 Å². The maximum Gasteiger partial charge on any atom is 0.270 e. The first kappa shape index (κ1) is 15.9. The van der Waals surface area contributed by atoms with E-state index in [4.69, 9.17) is 5.73 Å². The van der Waals surface area contributed by atoms with Gasteiger partial charge in [0, 0.05) is 30.9 Å². The summed E-state index contributed by atoms with van der Waals surface area (Å²) in [7, 11) is 1.68. The van der Waals surface area contributed by atoms with E-state index >= 15 is 0 Å². The number of hydrogen-bond donors (Lipinski definition) is 1. The van der Waals surface area contributed by atoms with Gasteiger partial charge in [0.15, 0.2) is 0 Å². The van der Waals surface area contributed by atoms with Crippen molar-refractivity contribution in [2.75, 3.05) is 12.8 Å². The minimum absolute atomic E-state index is 0.0336. The van der Waals surface area contributed by atoms with Gasteiger partial charge in [0.2, 0.25) is 0 Å². The molecule has 0 aliphatic rings. The molecule has 0 spiro atoms. The van der Waals surface area contributed by atoms with E-state index in [1.165, 1.54) is 18.2 Å².